The fraction of sp³-hybridized carbons (Fsp3) is 0.417. The van der Waals surface area contributed by atoms with Crippen molar-refractivity contribution in [1.29, 1.82) is 0 Å². The summed E-state index contributed by atoms with van der Waals surface area (Å²) in [4.78, 5) is 4.37. The Balaban J connectivity index is 2.72. The SMILES string of the molecule is Cn1cc(C(C)(C)CN)c2cccnc21. The van der Waals surface area contributed by atoms with Crippen molar-refractivity contribution in [2.75, 3.05) is 6.54 Å². The van der Waals surface area contributed by atoms with Gasteiger partial charge in [0, 0.05) is 36.8 Å². The molecule has 2 aromatic rings. The summed E-state index contributed by atoms with van der Waals surface area (Å²) in [5, 5.41) is 1.20. The molecule has 0 radical (unpaired) electrons. The molecule has 0 saturated carbocycles. The Bertz CT molecular complexity index is 483. The zero-order valence-corrected chi connectivity index (χ0v) is 9.49. The minimum absolute atomic E-state index is 0.00252. The molecule has 3 nitrogen and oxygen atoms in total. The highest BCUT2D eigenvalue weighted by Gasteiger charge is 2.23. The van der Waals surface area contributed by atoms with Crippen molar-refractivity contribution in [3.05, 3.63) is 30.1 Å². The van der Waals surface area contributed by atoms with Crippen molar-refractivity contribution in [2.24, 2.45) is 12.8 Å². The summed E-state index contributed by atoms with van der Waals surface area (Å²) in [7, 11) is 2.02. The van der Waals surface area contributed by atoms with Gasteiger partial charge in [-0.15, -0.1) is 0 Å². The summed E-state index contributed by atoms with van der Waals surface area (Å²) in [6.07, 6.45) is 3.95. The second kappa shape index (κ2) is 3.35. The number of rotatable bonds is 2. The van der Waals surface area contributed by atoms with Crippen LogP contribution >= 0.6 is 0 Å². The van der Waals surface area contributed by atoms with E-state index in [-0.39, 0.29) is 5.41 Å². The largest absolute Gasteiger partial charge is 0.335 e. The van der Waals surface area contributed by atoms with Crippen LogP contribution in [0.2, 0.25) is 0 Å². The minimum Gasteiger partial charge on any atom is -0.335 e. The lowest BCUT2D eigenvalue weighted by molar-refractivity contribution is 0.542. The van der Waals surface area contributed by atoms with Crippen molar-refractivity contribution in [1.82, 2.24) is 9.55 Å². The summed E-state index contributed by atoms with van der Waals surface area (Å²) in [5.41, 5.74) is 8.11. The molecule has 0 amide bonds. The quantitative estimate of drug-likeness (QED) is 0.809. The van der Waals surface area contributed by atoms with E-state index in [4.69, 9.17) is 5.73 Å². The van der Waals surface area contributed by atoms with Gasteiger partial charge in [0.15, 0.2) is 0 Å². The average molecular weight is 203 g/mol. The van der Waals surface area contributed by atoms with Crippen molar-refractivity contribution in [2.45, 2.75) is 19.3 Å². The lowest BCUT2D eigenvalue weighted by Gasteiger charge is -2.21. The van der Waals surface area contributed by atoms with Crippen LogP contribution in [0.5, 0.6) is 0 Å². The second-order valence-electron chi connectivity index (χ2n) is 4.62. The number of pyridine rings is 1. The standard InChI is InChI=1S/C12H17N3/c1-12(2,8-13)10-7-15(3)11-9(10)5-4-6-14-11/h4-7H,8,13H2,1-3H3. The molecule has 0 aliphatic rings. The molecule has 2 aromatic heterocycles. The Morgan fingerprint density at radius 3 is 2.87 bits per heavy atom. The van der Waals surface area contributed by atoms with Crippen LogP contribution < -0.4 is 5.73 Å². The first-order chi connectivity index (χ1) is 7.06. The van der Waals surface area contributed by atoms with Gasteiger partial charge < -0.3 is 10.3 Å². The van der Waals surface area contributed by atoms with E-state index in [0.29, 0.717) is 6.54 Å². The number of aryl methyl sites for hydroxylation is 1. The molecule has 0 bridgehead atoms. The maximum Gasteiger partial charge on any atom is 0.139 e. The Hall–Kier alpha value is -1.35. The van der Waals surface area contributed by atoms with Crippen LogP contribution in [0.4, 0.5) is 0 Å². The predicted octanol–water partition coefficient (Wildman–Crippen LogP) is 1.81. The van der Waals surface area contributed by atoms with E-state index >= 15 is 0 Å². The van der Waals surface area contributed by atoms with E-state index in [0.717, 1.165) is 5.65 Å². The van der Waals surface area contributed by atoms with Crippen LogP contribution in [0.15, 0.2) is 24.5 Å². The first kappa shape index (κ1) is 10.2. The minimum atomic E-state index is 0.00252. The van der Waals surface area contributed by atoms with Crippen LogP contribution in [-0.2, 0) is 12.5 Å². The molecule has 0 aromatic carbocycles. The highest BCUT2D eigenvalue weighted by Crippen LogP contribution is 2.29. The molecule has 80 valence electrons. The van der Waals surface area contributed by atoms with Gasteiger partial charge in [0.25, 0.3) is 0 Å². The fourth-order valence-electron chi connectivity index (χ4n) is 1.86. The molecule has 15 heavy (non-hydrogen) atoms. The van der Waals surface area contributed by atoms with Gasteiger partial charge in [0.1, 0.15) is 5.65 Å². The molecule has 2 heterocycles. The number of aromatic nitrogens is 2. The number of nitrogens with zero attached hydrogens (tertiary/aromatic N) is 2. The molecule has 0 saturated heterocycles. The first-order valence-electron chi connectivity index (χ1n) is 5.17. The zero-order valence-electron chi connectivity index (χ0n) is 9.49. The van der Waals surface area contributed by atoms with Crippen LogP contribution in [0, 0.1) is 0 Å². The van der Waals surface area contributed by atoms with Crippen LogP contribution in [0.1, 0.15) is 19.4 Å². The molecule has 0 unspecified atom stereocenters. The molecule has 0 fully saturated rings. The Morgan fingerprint density at radius 2 is 2.20 bits per heavy atom. The molecular weight excluding hydrogens is 186 g/mol. The first-order valence-corrected chi connectivity index (χ1v) is 5.17. The van der Waals surface area contributed by atoms with Gasteiger partial charge in [0.2, 0.25) is 0 Å². The van der Waals surface area contributed by atoms with Gasteiger partial charge in [-0.25, -0.2) is 4.98 Å². The van der Waals surface area contributed by atoms with Crippen molar-refractivity contribution in [3.8, 4) is 0 Å². The highest BCUT2D eigenvalue weighted by atomic mass is 15.0. The summed E-state index contributed by atoms with van der Waals surface area (Å²) in [6, 6.07) is 4.08. The zero-order chi connectivity index (χ0) is 11.1. The lowest BCUT2D eigenvalue weighted by Crippen LogP contribution is -2.27. The van der Waals surface area contributed by atoms with Crippen LogP contribution in [0.25, 0.3) is 11.0 Å². The van der Waals surface area contributed by atoms with Gasteiger partial charge in [0.05, 0.1) is 0 Å². The van der Waals surface area contributed by atoms with Crippen molar-refractivity contribution >= 4 is 11.0 Å². The average Bonchev–Trinajstić information content (AvgIpc) is 2.58. The number of hydrogen-bond donors (Lipinski definition) is 1. The van der Waals surface area contributed by atoms with Gasteiger partial charge in [-0.1, -0.05) is 13.8 Å². The molecule has 0 aliphatic carbocycles. The van der Waals surface area contributed by atoms with E-state index in [1.165, 1.54) is 10.9 Å². The maximum absolute atomic E-state index is 5.81. The molecule has 0 atom stereocenters. The Labute approximate surface area is 89.9 Å². The summed E-state index contributed by atoms with van der Waals surface area (Å²) >= 11 is 0. The molecule has 0 aliphatic heterocycles. The normalized spacial score (nSPS) is 12.3. The summed E-state index contributed by atoms with van der Waals surface area (Å²) in [5.74, 6) is 0. The maximum atomic E-state index is 5.81. The van der Waals surface area contributed by atoms with E-state index in [9.17, 15) is 0 Å². The van der Waals surface area contributed by atoms with Crippen LogP contribution in [-0.4, -0.2) is 16.1 Å². The summed E-state index contributed by atoms with van der Waals surface area (Å²) in [6.45, 7) is 4.96. The van der Waals surface area contributed by atoms with Gasteiger partial charge >= 0.3 is 0 Å². The number of hydrogen-bond acceptors (Lipinski definition) is 2. The molecule has 2 N–H and O–H groups in total. The Morgan fingerprint density at radius 1 is 1.47 bits per heavy atom. The molecule has 0 spiro atoms. The van der Waals surface area contributed by atoms with E-state index in [2.05, 4.69) is 35.7 Å². The van der Waals surface area contributed by atoms with Gasteiger partial charge in [-0.05, 0) is 17.7 Å². The highest BCUT2D eigenvalue weighted by molar-refractivity contribution is 5.81. The van der Waals surface area contributed by atoms with Gasteiger partial charge in [-0.2, -0.15) is 0 Å². The number of fused-ring (bicyclic) bond motifs is 1. The Kier molecular flexibility index (Phi) is 2.27. The molecular formula is C12H17N3. The van der Waals surface area contributed by atoms with E-state index in [1.54, 1.807) is 0 Å². The third-order valence-electron chi connectivity index (χ3n) is 2.97. The third kappa shape index (κ3) is 1.53. The number of nitrogens with two attached hydrogens (primary N) is 1. The van der Waals surface area contributed by atoms with Gasteiger partial charge in [-0.3, -0.25) is 0 Å². The predicted molar refractivity (Wildman–Crippen MR) is 62.8 cm³/mol. The summed E-state index contributed by atoms with van der Waals surface area (Å²) < 4.78 is 2.06. The molecule has 2 rings (SSSR count). The van der Waals surface area contributed by atoms with E-state index < -0.39 is 0 Å². The topological polar surface area (TPSA) is 43.8 Å². The smallest absolute Gasteiger partial charge is 0.139 e. The third-order valence-corrected chi connectivity index (χ3v) is 2.97. The van der Waals surface area contributed by atoms with E-state index in [1.807, 2.05) is 19.3 Å². The fourth-order valence-corrected chi connectivity index (χ4v) is 1.86. The van der Waals surface area contributed by atoms with Crippen molar-refractivity contribution < 1.29 is 0 Å². The molecule has 3 heteroatoms. The second-order valence-corrected chi connectivity index (χ2v) is 4.62. The van der Waals surface area contributed by atoms with Crippen molar-refractivity contribution in [3.63, 3.8) is 0 Å². The van der Waals surface area contributed by atoms with Crippen LogP contribution in [0.3, 0.4) is 0 Å². The monoisotopic (exact) mass is 203 g/mol. The lowest BCUT2D eigenvalue weighted by atomic mass is 9.85.